The second-order valence-electron chi connectivity index (χ2n) is 6.13. The van der Waals surface area contributed by atoms with Crippen molar-refractivity contribution in [3.8, 4) is 0 Å². The Bertz CT molecular complexity index is 885. The second-order valence-corrected chi connectivity index (χ2v) is 8.36. The number of hydrogen-bond donors (Lipinski definition) is 0. The monoisotopic (exact) mass is 347 g/mol. The number of aryl methyl sites for hydroxylation is 2. The number of carbonyl (C=O) groups excluding carboxylic acids is 1. The van der Waals surface area contributed by atoms with Crippen molar-refractivity contribution in [3.63, 3.8) is 0 Å². The van der Waals surface area contributed by atoms with E-state index in [4.69, 9.17) is 0 Å². The van der Waals surface area contributed by atoms with E-state index in [1.54, 1.807) is 6.07 Å². The Hall–Kier alpha value is -2.21. The second kappa shape index (κ2) is 6.02. The lowest BCUT2D eigenvalue weighted by atomic mass is 10.0. The summed E-state index contributed by atoms with van der Waals surface area (Å²) in [5, 5.41) is -0.640. The van der Waals surface area contributed by atoms with E-state index in [-0.39, 0.29) is 23.9 Å². The van der Waals surface area contributed by atoms with Gasteiger partial charge in [-0.15, -0.1) is 0 Å². The molecule has 0 saturated carbocycles. The zero-order valence-electron chi connectivity index (χ0n) is 13.5. The van der Waals surface area contributed by atoms with Gasteiger partial charge in [-0.05, 0) is 61.4 Å². The van der Waals surface area contributed by atoms with Gasteiger partial charge in [-0.1, -0.05) is 6.07 Å². The molecule has 1 aliphatic heterocycles. The number of amides is 1. The summed E-state index contributed by atoms with van der Waals surface area (Å²) in [4.78, 5) is 14.0. The van der Waals surface area contributed by atoms with Gasteiger partial charge < -0.3 is 4.90 Å². The maximum absolute atomic E-state index is 12.9. The van der Waals surface area contributed by atoms with Gasteiger partial charge >= 0.3 is 0 Å². The van der Waals surface area contributed by atoms with Crippen molar-refractivity contribution in [2.45, 2.75) is 24.0 Å². The molecule has 0 radical (unpaired) electrons. The Kier molecular flexibility index (Phi) is 4.17. The number of carbonyl (C=O) groups is 1. The Labute approximate surface area is 140 Å². The number of hydrogen-bond acceptors (Lipinski definition) is 3. The number of sulfone groups is 1. The summed E-state index contributed by atoms with van der Waals surface area (Å²) < 4.78 is 37.9. The minimum atomic E-state index is -3.54. The van der Waals surface area contributed by atoms with Crippen LogP contribution in [0.5, 0.6) is 0 Å². The van der Waals surface area contributed by atoms with Crippen LogP contribution in [-0.2, 0) is 9.84 Å². The van der Waals surface area contributed by atoms with Crippen LogP contribution in [0.2, 0.25) is 0 Å². The lowest BCUT2D eigenvalue weighted by molar-refractivity contribution is 0.0659. The first-order valence-electron chi connectivity index (χ1n) is 7.65. The number of likely N-dealkylation sites (tertiary alicyclic amines) is 1. The highest BCUT2D eigenvalue weighted by Crippen LogP contribution is 2.25. The zero-order valence-corrected chi connectivity index (χ0v) is 14.3. The van der Waals surface area contributed by atoms with Gasteiger partial charge in [0.25, 0.3) is 5.91 Å². The molecule has 3 rings (SSSR count). The molecule has 1 fully saturated rings. The van der Waals surface area contributed by atoms with Crippen LogP contribution in [0.25, 0.3) is 0 Å². The highest BCUT2D eigenvalue weighted by atomic mass is 32.2. The first-order valence-corrected chi connectivity index (χ1v) is 9.19. The van der Waals surface area contributed by atoms with Crippen LogP contribution in [0.15, 0.2) is 47.4 Å². The topological polar surface area (TPSA) is 54.5 Å². The van der Waals surface area contributed by atoms with Gasteiger partial charge in [-0.3, -0.25) is 4.79 Å². The summed E-state index contributed by atoms with van der Waals surface area (Å²) >= 11 is 0. The van der Waals surface area contributed by atoms with Crippen molar-refractivity contribution in [2.75, 3.05) is 13.1 Å². The summed E-state index contributed by atoms with van der Waals surface area (Å²) in [5.74, 6) is -0.641. The number of nitrogens with zero attached hydrogens (tertiary/aromatic N) is 1. The number of halogens is 1. The van der Waals surface area contributed by atoms with E-state index >= 15 is 0 Å². The van der Waals surface area contributed by atoms with Gasteiger partial charge in [-0.2, -0.15) is 0 Å². The predicted molar refractivity (Wildman–Crippen MR) is 89.2 cm³/mol. The molecule has 1 saturated heterocycles. The number of benzene rings is 2. The standard InChI is InChI=1S/C18H18FNO3S/c1-12-3-4-14(9-13(12)2)18(21)20-10-17(11-20)24(22,23)16-7-5-15(19)6-8-16/h3-9,17H,10-11H2,1-2H3. The van der Waals surface area contributed by atoms with Gasteiger partial charge in [0.15, 0.2) is 9.84 Å². The fourth-order valence-corrected chi connectivity index (χ4v) is 4.33. The van der Waals surface area contributed by atoms with Crippen molar-refractivity contribution < 1.29 is 17.6 Å². The summed E-state index contributed by atoms with van der Waals surface area (Å²) in [6.07, 6.45) is 0. The Balaban J connectivity index is 1.71. The normalized spacial score (nSPS) is 15.2. The molecule has 0 atom stereocenters. The molecule has 0 aromatic heterocycles. The highest BCUT2D eigenvalue weighted by Gasteiger charge is 2.40. The van der Waals surface area contributed by atoms with Crippen LogP contribution in [0, 0.1) is 19.7 Å². The molecule has 0 aliphatic carbocycles. The van der Waals surface area contributed by atoms with Gasteiger partial charge in [0.2, 0.25) is 0 Å². The van der Waals surface area contributed by atoms with Crippen molar-refractivity contribution in [1.82, 2.24) is 4.90 Å². The molecule has 0 N–H and O–H groups in total. The van der Waals surface area contributed by atoms with Crippen LogP contribution in [-0.4, -0.2) is 37.6 Å². The predicted octanol–water partition coefficient (Wildman–Crippen LogP) is 2.74. The van der Waals surface area contributed by atoms with Crippen LogP contribution in [0.1, 0.15) is 21.5 Å². The van der Waals surface area contributed by atoms with Gasteiger partial charge in [0.1, 0.15) is 11.1 Å². The lowest BCUT2D eigenvalue weighted by Crippen LogP contribution is -2.56. The summed E-state index contributed by atoms with van der Waals surface area (Å²) in [6.45, 7) is 4.22. The van der Waals surface area contributed by atoms with Crippen LogP contribution in [0.3, 0.4) is 0 Å². The minimum Gasteiger partial charge on any atom is -0.336 e. The summed E-state index contributed by atoms with van der Waals surface area (Å²) in [6, 6.07) is 10.2. The van der Waals surface area contributed by atoms with Crippen molar-refractivity contribution in [1.29, 1.82) is 0 Å². The molecule has 2 aromatic rings. The van der Waals surface area contributed by atoms with Crippen LogP contribution < -0.4 is 0 Å². The molecule has 4 nitrogen and oxygen atoms in total. The molecular formula is C18H18FNO3S. The van der Waals surface area contributed by atoms with Crippen molar-refractivity contribution in [3.05, 3.63) is 65.0 Å². The zero-order chi connectivity index (χ0) is 17.5. The molecule has 6 heteroatoms. The van der Waals surface area contributed by atoms with E-state index in [1.807, 2.05) is 26.0 Å². The average molecular weight is 347 g/mol. The van der Waals surface area contributed by atoms with Crippen molar-refractivity contribution >= 4 is 15.7 Å². The first kappa shape index (κ1) is 16.6. The smallest absolute Gasteiger partial charge is 0.253 e. The molecule has 0 bridgehead atoms. The van der Waals surface area contributed by atoms with E-state index in [1.165, 1.54) is 17.0 Å². The first-order chi connectivity index (χ1) is 11.3. The Morgan fingerprint density at radius 3 is 2.25 bits per heavy atom. The Morgan fingerprint density at radius 2 is 1.67 bits per heavy atom. The fraction of sp³-hybridized carbons (Fsp3) is 0.278. The SMILES string of the molecule is Cc1ccc(C(=O)N2CC(S(=O)(=O)c3ccc(F)cc3)C2)cc1C. The van der Waals surface area contributed by atoms with Crippen LogP contribution in [0.4, 0.5) is 4.39 Å². The molecular weight excluding hydrogens is 329 g/mol. The molecule has 126 valence electrons. The quantitative estimate of drug-likeness (QED) is 0.802. The summed E-state index contributed by atoms with van der Waals surface area (Å²) in [7, 11) is -3.54. The van der Waals surface area contributed by atoms with Gasteiger partial charge in [0, 0.05) is 18.7 Å². The van der Waals surface area contributed by atoms with Crippen molar-refractivity contribution in [2.24, 2.45) is 0 Å². The average Bonchev–Trinajstić information content (AvgIpc) is 2.48. The van der Waals surface area contributed by atoms with E-state index in [0.29, 0.717) is 5.56 Å². The van der Waals surface area contributed by atoms with E-state index in [9.17, 15) is 17.6 Å². The molecule has 1 heterocycles. The van der Waals surface area contributed by atoms with Gasteiger partial charge in [0.05, 0.1) is 4.90 Å². The van der Waals surface area contributed by atoms with Gasteiger partial charge in [-0.25, -0.2) is 12.8 Å². The Morgan fingerprint density at radius 1 is 1.04 bits per heavy atom. The molecule has 1 amide bonds. The fourth-order valence-electron chi connectivity index (χ4n) is 2.67. The molecule has 1 aliphatic rings. The van der Waals surface area contributed by atoms with E-state index < -0.39 is 20.9 Å². The molecule has 0 spiro atoms. The maximum atomic E-state index is 12.9. The molecule has 0 unspecified atom stereocenters. The lowest BCUT2D eigenvalue weighted by Gasteiger charge is -2.38. The van der Waals surface area contributed by atoms with Crippen LogP contribution >= 0.6 is 0 Å². The minimum absolute atomic E-state index is 0.0900. The van der Waals surface area contributed by atoms with E-state index in [2.05, 4.69) is 0 Å². The maximum Gasteiger partial charge on any atom is 0.253 e. The molecule has 2 aromatic carbocycles. The van der Waals surface area contributed by atoms with E-state index in [0.717, 1.165) is 23.3 Å². The largest absolute Gasteiger partial charge is 0.336 e. The molecule has 24 heavy (non-hydrogen) atoms. The number of rotatable bonds is 3. The summed E-state index contributed by atoms with van der Waals surface area (Å²) in [5.41, 5.74) is 2.69. The third kappa shape index (κ3) is 2.94. The third-order valence-electron chi connectivity index (χ3n) is 4.47. The third-order valence-corrected chi connectivity index (χ3v) is 6.58. The highest BCUT2D eigenvalue weighted by molar-refractivity contribution is 7.92.